The lowest BCUT2D eigenvalue weighted by atomic mass is 10.2. The van der Waals surface area contributed by atoms with E-state index in [0.717, 1.165) is 17.7 Å². The second kappa shape index (κ2) is 7.89. The number of hydrogen-bond acceptors (Lipinski definition) is 5. The van der Waals surface area contributed by atoms with E-state index in [1.807, 2.05) is 13.0 Å². The van der Waals surface area contributed by atoms with Gasteiger partial charge < -0.3 is 5.32 Å². The summed E-state index contributed by atoms with van der Waals surface area (Å²) in [6.07, 6.45) is 2.37. The number of nitriles is 1. The molecule has 3 rings (SSSR count). The van der Waals surface area contributed by atoms with Gasteiger partial charge in [-0.25, -0.2) is 13.4 Å². The number of nitrogens with zero attached hydrogens (tertiary/aromatic N) is 2. The number of aromatic nitrogens is 1. The molecule has 1 aromatic heterocycles. The van der Waals surface area contributed by atoms with Crippen LogP contribution in [0.2, 0.25) is 0 Å². The molecule has 0 atom stereocenters. The third kappa shape index (κ3) is 4.63. The second-order valence-electron chi connectivity index (χ2n) is 5.85. The summed E-state index contributed by atoms with van der Waals surface area (Å²) in [7, 11) is -3.69. The van der Waals surface area contributed by atoms with Crippen molar-refractivity contribution in [2.45, 2.75) is 18.2 Å². The molecule has 2 N–H and O–H groups in total. The summed E-state index contributed by atoms with van der Waals surface area (Å²) >= 11 is 0. The lowest BCUT2D eigenvalue weighted by molar-refractivity contribution is 0.601. The monoisotopic (exact) mass is 378 g/mol. The van der Waals surface area contributed by atoms with E-state index in [4.69, 9.17) is 5.26 Å². The van der Waals surface area contributed by atoms with Crippen LogP contribution >= 0.6 is 0 Å². The molecule has 0 fully saturated rings. The predicted molar refractivity (Wildman–Crippen MR) is 105 cm³/mol. The fourth-order valence-electron chi connectivity index (χ4n) is 2.46. The zero-order chi connectivity index (χ0) is 19.3. The number of anilines is 3. The second-order valence-corrected chi connectivity index (χ2v) is 7.54. The molecule has 0 amide bonds. The Morgan fingerprint density at radius 2 is 1.81 bits per heavy atom. The topological polar surface area (TPSA) is 94.9 Å². The van der Waals surface area contributed by atoms with Gasteiger partial charge in [-0.2, -0.15) is 5.26 Å². The molecular weight excluding hydrogens is 360 g/mol. The predicted octanol–water partition coefficient (Wildman–Crippen LogP) is 4.06. The van der Waals surface area contributed by atoms with Gasteiger partial charge in [0, 0.05) is 5.69 Å². The summed E-state index contributed by atoms with van der Waals surface area (Å²) in [5, 5.41) is 12.1. The van der Waals surface area contributed by atoms with Crippen LogP contribution in [0.25, 0.3) is 0 Å². The number of pyridine rings is 1. The maximum Gasteiger partial charge on any atom is 0.263 e. The zero-order valence-corrected chi connectivity index (χ0v) is 15.5. The molecule has 0 saturated heterocycles. The minimum absolute atomic E-state index is 0.192. The van der Waals surface area contributed by atoms with E-state index in [1.165, 1.54) is 6.20 Å². The standard InChI is InChI=1S/C20H18N4O2S/c1-2-15-6-9-19(10-7-15)27(25,26)24-20-11-8-18(14-22-20)23-17-5-3-4-16(12-17)13-21/h3-12,14,23H,2H2,1H3,(H,22,24). The highest BCUT2D eigenvalue weighted by Crippen LogP contribution is 2.20. The number of sulfonamides is 1. The van der Waals surface area contributed by atoms with Crippen molar-refractivity contribution < 1.29 is 8.42 Å². The van der Waals surface area contributed by atoms with Crippen LogP contribution in [0, 0.1) is 11.3 Å². The van der Waals surface area contributed by atoms with Crippen molar-refractivity contribution in [2.75, 3.05) is 10.0 Å². The Hall–Kier alpha value is -3.37. The lowest BCUT2D eigenvalue weighted by Crippen LogP contribution is -2.13. The molecule has 27 heavy (non-hydrogen) atoms. The highest BCUT2D eigenvalue weighted by molar-refractivity contribution is 7.92. The highest BCUT2D eigenvalue weighted by atomic mass is 32.2. The van der Waals surface area contributed by atoms with Crippen LogP contribution in [0.5, 0.6) is 0 Å². The van der Waals surface area contributed by atoms with Crippen LogP contribution < -0.4 is 10.0 Å². The number of aryl methyl sites for hydroxylation is 1. The summed E-state index contributed by atoms with van der Waals surface area (Å²) in [6, 6.07) is 19.2. The van der Waals surface area contributed by atoms with Crippen molar-refractivity contribution in [1.82, 2.24) is 4.98 Å². The first-order valence-corrected chi connectivity index (χ1v) is 9.83. The Bertz CT molecular complexity index is 1070. The van der Waals surface area contributed by atoms with Crippen LogP contribution in [0.15, 0.2) is 71.8 Å². The van der Waals surface area contributed by atoms with Gasteiger partial charge in [-0.15, -0.1) is 0 Å². The van der Waals surface area contributed by atoms with Gasteiger partial charge in [0.25, 0.3) is 10.0 Å². The minimum Gasteiger partial charge on any atom is -0.354 e. The number of nitrogens with one attached hydrogen (secondary N) is 2. The first-order valence-electron chi connectivity index (χ1n) is 8.35. The highest BCUT2D eigenvalue weighted by Gasteiger charge is 2.14. The molecule has 0 aliphatic heterocycles. The van der Waals surface area contributed by atoms with Crippen LogP contribution in [0.4, 0.5) is 17.2 Å². The molecule has 6 nitrogen and oxygen atoms in total. The number of hydrogen-bond donors (Lipinski definition) is 2. The maximum atomic E-state index is 12.5. The molecule has 0 spiro atoms. The number of benzene rings is 2. The molecule has 3 aromatic rings. The third-order valence-corrected chi connectivity index (χ3v) is 5.30. The first-order chi connectivity index (χ1) is 13.0. The van der Waals surface area contributed by atoms with E-state index in [9.17, 15) is 8.42 Å². The summed E-state index contributed by atoms with van der Waals surface area (Å²) in [5.41, 5.74) is 3.05. The first kappa shape index (κ1) is 18.4. The van der Waals surface area contributed by atoms with Crippen molar-refractivity contribution in [2.24, 2.45) is 0 Å². The quantitative estimate of drug-likeness (QED) is 0.674. The largest absolute Gasteiger partial charge is 0.354 e. The van der Waals surface area contributed by atoms with E-state index >= 15 is 0 Å². The summed E-state index contributed by atoms with van der Waals surface area (Å²) < 4.78 is 27.4. The van der Waals surface area contributed by atoms with Gasteiger partial charge >= 0.3 is 0 Å². The molecule has 7 heteroatoms. The molecule has 0 saturated carbocycles. The van der Waals surface area contributed by atoms with Crippen molar-refractivity contribution in [1.29, 1.82) is 5.26 Å². The minimum atomic E-state index is -3.69. The van der Waals surface area contributed by atoms with E-state index in [1.54, 1.807) is 54.6 Å². The van der Waals surface area contributed by atoms with Gasteiger partial charge in [-0.3, -0.25) is 4.72 Å². The van der Waals surface area contributed by atoms with Gasteiger partial charge in [-0.1, -0.05) is 25.1 Å². The van der Waals surface area contributed by atoms with E-state index < -0.39 is 10.0 Å². The Morgan fingerprint density at radius 3 is 2.44 bits per heavy atom. The molecule has 0 aliphatic carbocycles. The number of rotatable bonds is 6. The van der Waals surface area contributed by atoms with Gasteiger partial charge in [0.05, 0.1) is 28.4 Å². The smallest absolute Gasteiger partial charge is 0.263 e. The van der Waals surface area contributed by atoms with Crippen LogP contribution in [0.1, 0.15) is 18.1 Å². The fraction of sp³-hybridized carbons (Fsp3) is 0.100. The molecule has 1 heterocycles. The SMILES string of the molecule is CCc1ccc(S(=O)(=O)Nc2ccc(Nc3cccc(C#N)c3)cn2)cc1. The maximum absolute atomic E-state index is 12.5. The van der Waals surface area contributed by atoms with Crippen LogP contribution in [0.3, 0.4) is 0 Å². The lowest BCUT2D eigenvalue weighted by Gasteiger charge is -2.10. The average Bonchev–Trinajstić information content (AvgIpc) is 2.69. The zero-order valence-electron chi connectivity index (χ0n) is 14.7. The van der Waals surface area contributed by atoms with Crippen molar-refractivity contribution in [3.8, 4) is 6.07 Å². The van der Waals surface area contributed by atoms with Crippen molar-refractivity contribution >= 4 is 27.2 Å². The Balaban J connectivity index is 1.72. The van der Waals surface area contributed by atoms with Crippen LogP contribution in [-0.2, 0) is 16.4 Å². The van der Waals surface area contributed by atoms with Crippen molar-refractivity contribution in [3.63, 3.8) is 0 Å². The molecule has 0 aliphatic rings. The average molecular weight is 378 g/mol. The van der Waals surface area contributed by atoms with E-state index in [-0.39, 0.29) is 10.7 Å². The van der Waals surface area contributed by atoms with Gasteiger partial charge in [0.15, 0.2) is 0 Å². The summed E-state index contributed by atoms with van der Waals surface area (Å²) in [6.45, 7) is 2.01. The molecule has 136 valence electrons. The van der Waals surface area contributed by atoms with Crippen LogP contribution in [-0.4, -0.2) is 13.4 Å². The fourth-order valence-corrected chi connectivity index (χ4v) is 3.47. The Labute approximate surface area is 158 Å². The molecule has 0 radical (unpaired) electrons. The van der Waals surface area contributed by atoms with Crippen molar-refractivity contribution in [3.05, 3.63) is 78.0 Å². The van der Waals surface area contributed by atoms with E-state index in [2.05, 4.69) is 21.1 Å². The molecule has 0 bridgehead atoms. The molecule has 2 aromatic carbocycles. The Kier molecular flexibility index (Phi) is 5.38. The normalized spacial score (nSPS) is 10.8. The van der Waals surface area contributed by atoms with Gasteiger partial charge in [-0.05, 0) is 54.4 Å². The molecular formula is C20H18N4O2S. The van der Waals surface area contributed by atoms with Gasteiger partial charge in [0.2, 0.25) is 0 Å². The Morgan fingerprint density at radius 1 is 1.04 bits per heavy atom. The van der Waals surface area contributed by atoms with E-state index in [0.29, 0.717) is 11.3 Å². The molecule has 0 unspecified atom stereocenters. The van der Waals surface area contributed by atoms with Gasteiger partial charge in [0.1, 0.15) is 5.82 Å². The summed E-state index contributed by atoms with van der Waals surface area (Å²) in [4.78, 5) is 4.34. The third-order valence-electron chi connectivity index (χ3n) is 3.92. The summed E-state index contributed by atoms with van der Waals surface area (Å²) in [5.74, 6) is 0.228.